The molecule has 1 N–H and O–H groups in total. The Morgan fingerprint density at radius 1 is 1.29 bits per heavy atom. The summed E-state index contributed by atoms with van der Waals surface area (Å²) in [6.07, 6.45) is 4.38. The molecule has 24 heavy (non-hydrogen) atoms. The fourth-order valence-electron chi connectivity index (χ4n) is 2.78. The predicted octanol–water partition coefficient (Wildman–Crippen LogP) is 3.26. The maximum atomic E-state index is 12.4. The van der Waals surface area contributed by atoms with Crippen LogP contribution in [0.15, 0.2) is 47.1 Å². The van der Waals surface area contributed by atoms with E-state index in [0.717, 1.165) is 34.3 Å². The first-order chi connectivity index (χ1) is 11.7. The zero-order valence-electron chi connectivity index (χ0n) is 13.8. The van der Waals surface area contributed by atoms with E-state index in [9.17, 15) is 4.79 Å². The second kappa shape index (κ2) is 7.17. The first-order valence-electron chi connectivity index (χ1n) is 7.95. The maximum Gasteiger partial charge on any atom is 0.224 e. The van der Waals surface area contributed by atoms with Gasteiger partial charge in [-0.1, -0.05) is 25.1 Å². The van der Waals surface area contributed by atoms with Crippen LogP contribution in [0.5, 0.6) is 5.75 Å². The first-order valence-corrected chi connectivity index (χ1v) is 7.95. The van der Waals surface area contributed by atoms with Gasteiger partial charge in [-0.25, -0.2) is 0 Å². The van der Waals surface area contributed by atoms with Gasteiger partial charge >= 0.3 is 0 Å². The third-order valence-corrected chi connectivity index (χ3v) is 4.01. The topological polar surface area (TPSA) is 64.4 Å². The van der Waals surface area contributed by atoms with Gasteiger partial charge in [-0.2, -0.15) is 0 Å². The summed E-state index contributed by atoms with van der Waals surface area (Å²) in [5.41, 5.74) is 2.69. The van der Waals surface area contributed by atoms with Gasteiger partial charge in [0.05, 0.1) is 19.7 Å². The summed E-state index contributed by atoms with van der Waals surface area (Å²) in [7, 11) is 1.59. The molecule has 0 saturated heterocycles. The van der Waals surface area contributed by atoms with Crippen LogP contribution in [0.25, 0.3) is 11.0 Å². The molecule has 0 atom stereocenters. The van der Waals surface area contributed by atoms with Crippen LogP contribution < -0.4 is 10.1 Å². The summed E-state index contributed by atoms with van der Waals surface area (Å²) in [4.78, 5) is 16.4. The van der Waals surface area contributed by atoms with Crippen LogP contribution in [0, 0.1) is 0 Å². The predicted molar refractivity (Wildman–Crippen MR) is 91.9 cm³/mol. The monoisotopic (exact) mass is 324 g/mol. The lowest BCUT2D eigenvalue weighted by Crippen LogP contribution is -2.25. The second-order valence-corrected chi connectivity index (χ2v) is 5.49. The number of carbonyl (C=O) groups is 1. The number of amides is 1. The molecule has 0 saturated carbocycles. The van der Waals surface area contributed by atoms with Crippen LogP contribution in [0.2, 0.25) is 0 Å². The summed E-state index contributed by atoms with van der Waals surface area (Å²) in [6, 6.07) is 9.65. The van der Waals surface area contributed by atoms with Gasteiger partial charge in [-0.3, -0.25) is 9.78 Å². The molecule has 5 heteroatoms. The number of aromatic nitrogens is 1. The van der Waals surface area contributed by atoms with Gasteiger partial charge in [0, 0.05) is 35.7 Å². The van der Waals surface area contributed by atoms with E-state index < -0.39 is 0 Å². The van der Waals surface area contributed by atoms with Crippen LogP contribution in [-0.2, 0) is 24.2 Å². The molecule has 2 aromatic heterocycles. The van der Waals surface area contributed by atoms with Crippen molar-refractivity contribution in [2.45, 2.75) is 26.3 Å². The fraction of sp³-hybridized carbons (Fsp3) is 0.263. The molecule has 0 bridgehead atoms. The molecular formula is C19H20N2O3. The molecule has 2 heterocycles. The average Bonchev–Trinajstić information content (AvgIpc) is 2.98. The minimum Gasteiger partial charge on any atom is -0.495 e. The Morgan fingerprint density at radius 3 is 2.92 bits per heavy atom. The van der Waals surface area contributed by atoms with Gasteiger partial charge in [-0.05, 0) is 12.1 Å². The molecule has 3 aromatic rings. The Labute approximate surface area is 140 Å². The molecule has 0 aliphatic carbocycles. The number of carbonyl (C=O) groups excluding carboxylic acids is 1. The van der Waals surface area contributed by atoms with E-state index in [0.29, 0.717) is 18.7 Å². The van der Waals surface area contributed by atoms with Crippen molar-refractivity contribution in [2.75, 3.05) is 7.11 Å². The lowest BCUT2D eigenvalue weighted by atomic mass is 10.1. The van der Waals surface area contributed by atoms with E-state index in [1.807, 2.05) is 37.3 Å². The highest BCUT2D eigenvalue weighted by molar-refractivity contribution is 5.88. The third kappa shape index (κ3) is 3.25. The zero-order valence-corrected chi connectivity index (χ0v) is 13.8. The number of ether oxygens (including phenoxy) is 1. The van der Waals surface area contributed by atoms with E-state index in [1.165, 1.54) is 0 Å². The Morgan fingerprint density at radius 2 is 2.12 bits per heavy atom. The molecule has 5 nitrogen and oxygen atoms in total. The Balaban J connectivity index is 1.73. The number of fused-ring (bicyclic) bond motifs is 1. The smallest absolute Gasteiger partial charge is 0.224 e. The highest BCUT2D eigenvalue weighted by atomic mass is 16.5. The Bertz CT molecular complexity index is 855. The summed E-state index contributed by atoms with van der Waals surface area (Å²) in [5, 5.41) is 3.95. The normalized spacial score (nSPS) is 10.8. The van der Waals surface area contributed by atoms with Crippen molar-refractivity contribution in [3.63, 3.8) is 0 Å². The number of benzene rings is 1. The van der Waals surface area contributed by atoms with Gasteiger partial charge < -0.3 is 14.5 Å². The van der Waals surface area contributed by atoms with E-state index in [2.05, 4.69) is 10.3 Å². The van der Waals surface area contributed by atoms with Crippen molar-refractivity contribution < 1.29 is 13.9 Å². The second-order valence-electron chi connectivity index (χ2n) is 5.49. The number of hydrogen-bond donors (Lipinski definition) is 1. The molecule has 0 radical (unpaired) electrons. The van der Waals surface area contributed by atoms with E-state index in [1.54, 1.807) is 19.5 Å². The number of furan rings is 1. The van der Waals surface area contributed by atoms with Crippen LogP contribution in [0.4, 0.5) is 0 Å². The average molecular weight is 324 g/mol. The Kier molecular flexibility index (Phi) is 4.79. The SMILES string of the molecule is CCc1oc2ccccc2c1CC(=O)NCc1ccncc1OC. The molecule has 1 amide bonds. The molecule has 1 aromatic carbocycles. The largest absolute Gasteiger partial charge is 0.495 e. The number of rotatable bonds is 6. The summed E-state index contributed by atoms with van der Waals surface area (Å²) in [6.45, 7) is 2.43. The highest BCUT2D eigenvalue weighted by Gasteiger charge is 2.16. The van der Waals surface area contributed by atoms with Gasteiger partial charge in [-0.15, -0.1) is 0 Å². The van der Waals surface area contributed by atoms with Crippen molar-refractivity contribution in [3.05, 3.63) is 59.6 Å². The number of nitrogens with zero attached hydrogens (tertiary/aromatic N) is 1. The molecule has 3 rings (SSSR count). The minimum atomic E-state index is -0.0462. The Hall–Kier alpha value is -2.82. The van der Waals surface area contributed by atoms with Crippen molar-refractivity contribution in [2.24, 2.45) is 0 Å². The van der Waals surface area contributed by atoms with Crippen molar-refractivity contribution in [3.8, 4) is 5.75 Å². The molecule has 0 fully saturated rings. The van der Waals surface area contributed by atoms with Crippen molar-refractivity contribution >= 4 is 16.9 Å². The quantitative estimate of drug-likeness (QED) is 0.756. The summed E-state index contributed by atoms with van der Waals surface area (Å²) in [5.74, 6) is 1.49. The molecule has 0 unspecified atom stereocenters. The van der Waals surface area contributed by atoms with Gasteiger partial charge in [0.25, 0.3) is 0 Å². The summed E-state index contributed by atoms with van der Waals surface area (Å²) >= 11 is 0. The summed E-state index contributed by atoms with van der Waals surface area (Å²) < 4.78 is 11.1. The van der Waals surface area contributed by atoms with E-state index >= 15 is 0 Å². The number of pyridine rings is 1. The number of hydrogen-bond acceptors (Lipinski definition) is 4. The number of para-hydroxylation sites is 1. The standard InChI is InChI=1S/C19H20N2O3/c1-3-16-15(14-6-4-5-7-17(14)24-16)10-19(22)21-11-13-8-9-20-12-18(13)23-2/h4-9,12H,3,10-11H2,1-2H3,(H,21,22). The fourth-order valence-corrected chi connectivity index (χ4v) is 2.78. The lowest BCUT2D eigenvalue weighted by Gasteiger charge is -2.09. The molecule has 124 valence electrons. The van der Waals surface area contributed by atoms with Crippen LogP contribution in [-0.4, -0.2) is 18.0 Å². The van der Waals surface area contributed by atoms with Crippen molar-refractivity contribution in [1.82, 2.24) is 10.3 Å². The minimum absolute atomic E-state index is 0.0462. The number of methoxy groups -OCH3 is 1. The van der Waals surface area contributed by atoms with Gasteiger partial charge in [0.15, 0.2) is 0 Å². The van der Waals surface area contributed by atoms with Gasteiger partial charge in [0.2, 0.25) is 5.91 Å². The number of aryl methyl sites for hydroxylation is 1. The van der Waals surface area contributed by atoms with Crippen LogP contribution in [0.1, 0.15) is 23.8 Å². The third-order valence-electron chi connectivity index (χ3n) is 4.01. The first kappa shape index (κ1) is 16.1. The van der Waals surface area contributed by atoms with Crippen LogP contribution in [0.3, 0.4) is 0 Å². The van der Waals surface area contributed by atoms with E-state index in [-0.39, 0.29) is 5.91 Å². The van der Waals surface area contributed by atoms with Crippen molar-refractivity contribution in [1.29, 1.82) is 0 Å². The van der Waals surface area contributed by atoms with Gasteiger partial charge in [0.1, 0.15) is 17.1 Å². The molecule has 0 aliphatic rings. The van der Waals surface area contributed by atoms with Crippen LogP contribution >= 0.6 is 0 Å². The zero-order chi connectivity index (χ0) is 16.9. The molecule has 0 spiro atoms. The lowest BCUT2D eigenvalue weighted by molar-refractivity contribution is -0.120. The molecule has 0 aliphatic heterocycles. The molecular weight excluding hydrogens is 304 g/mol. The highest BCUT2D eigenvalue weighted by Crippen LogP contribution is 2.26. The maximum absolute atomic E-state index is 12.4. The van der Waals surface area contributed by atoms with E-state index in [4.69, 9.17) is 9.15 Å². The number of nitrogens with one attached hydrogen (secondary N) is 1.